The molecule has 0 aromatic heterocycles. The van der Waals surface area contributed by atoms with Crippen molar-refractivity contribution in [3.8, 4) is 6.07 Å². The van der Waals surface area contributed by atoms with Crippen LogP contribution >= 0.6 is 0 Å². The van der Waals surface area contributed by atoms with Gasteiger partial charge < -0.3 is 5.32 Å². The molecule has 0 unspecified atom stereocenters. The van der Waals surface area contributed by atoms with E-state index in [-0.39, 0.29) is 0 Å². The summed E-state index contributed by atoms with van der Waals surface area (Å²) in [6, 6.07) is 11.9. The highest BCUT2D eigenvalue weighted by atomic mass is 15.2. The maximum atomic E-state index is 8.29. The zero-order valence-corrected chi connectivity index (χ0v) is 10.7. The van der Waals surface area contributed by atoms with Crippen LogP contribution in [0.2, 0.25) is 0 Å². The summed E-state index contributed by atoms with van der Waals surface area (Å²) in [5.74, 6) is 0. The van der Waals surface area contributed by atoms with Crippen molar-refractivity contribution < 1.29 is 0 Å². The summed E-state index contributed by atoms with van der Waals surface area (Å²) in [5.41, 5.74) is 0.715. The average Bonchev–Trinajstić information content (AvgIpc) is 2.41. The number of rotatable bonds is 1. The van der Waals surface area contributed by atoms with Gasteiger partial charge in [0.05, 0.1) is 11.6 Å². The van der Waals surface area contributed by atoms with Crippen LogP contribution in [0.1, 0.15) is 19.4 Å². The first kappa shape index (κ1) is 13.7. The Labute approximate surface area is 104 Å². The number of nitrogens with one attached hydrogen (secondary N) is 1. The van der Waals surface area contributed by atoms with Gasteiger partial charge in [0.15, 0.2) is 0 Å². The average molecular weight is 231 g/mol. The van der Waals surface area contributed by atoms with Gasteiger partial charge in [-0.05, 0) is 26.0 Å². The van der Waals surface area contributed by atoms with Crippen LogP contribution in [0.5, 0.6) is 0 Å². The molecule has 1 aromatic carbocycles. The van der Waals surface area contributed by atoms with E-state index in [4.69, 9.17) is 5.26 Å². The molecule has 0 radical (unpaired) electrons. The van der Waals surface area contributed by atoms with E-state index in [2.05, 4.69) is 24.1 Å². The summed E-state index contributed by atoms with van der Waals surface area (Å²) in [7, 11) is 0. The number of nitriles is 1. The normalized spacial score (nSPS) is 15.9. The van der Waals surface area contributed by atoms with Crippen molar-refractivity contribution in [3.05, 3.63) is 35.9 Å². The van der Waals surface area contributed by atoms with E-state index in [0.29, 0.717) is 5.56 Å². The van der Waals surface area contributed by atoms with Gasteiger partial charge in [-0.1, -0.05) is 18.2 Å². The Morgan fingerprint density at radius 1 is 1.18 bits per heavy atom. The van der Waals surface area contributed by atoms with E-state index < -0.39 is 0 Å². The molecular formula is C14H21N3. The molecule has 1 fully saturated rings. The van der Waals surface area contributed by atoms with E-state index in [1.807, 2.05) is 24.3 Å². The molecule has 0 atom stereocenters. The molecule has 0 bridgehead atoms. The zero-order valence-electron chi connectivity index (χ0n) is 10.7. The first-order chi connectivity index (χ1) is 8.24. The predicted molar refractivity (Wildman–Crippen MR) is 70.7 cm³/mol. The second-order valence-corrected chi connectivity index (χ2v) is 4.36. The van der Waals surface area contributed by atoms with Gasteiger partial charge in [-0.2, -0.15) is 5.26 Å². The minimum Gasteiger partial charge on any atom is -0.314 e. The molecule has 0 amide bonds. The molecule has 3 heteroatoms. The highest BCUT2D eigenvalue weighted by molar-refractivity contribution is 5.27. The molecule has 1 aromatic rings. The molecule has 0 saturated carbocycles. The summed E-state index contributed by atoms with van der Waals surface area (Å²) in [5, 5.41) is 11.6. The third-order valence-corrected chi connectivity index (χ3v) is 2.78. The van der Waals surface area contributed by atoms with Crippen LogP contribution in [0, 0.1) is 11.3 Å². The first-order valence-corrected chi connectivity index (χ1v) is 6.14. The second kappa shape index (κ2) is 7.83. The van der Waals surface area contributed by atoms with E-state index in [0.717, 1.165) is 19.1 Å². The van der Waals surface area contributed by atoms with Gasteiger partial charge in [0.2, 0.25) is 0 Å². The molecule has 92 valence electrons. The Morgan fingerprint density at radius 3 is 2.12 bits per heavy atom. The fourth-order valence-electron chi connectivity index (χ4n) is 1.71. The van der Waals surface area contributed by atoms with Crippen molar-refractivity contribution in [1.29, 1.82) is 5.26 Å². The Morgan fingerprint density at radius 2 is 1.76 bits per heavy atom. The Kier molecular flexibility index (Phi) is 6.31. The third kappa shape index (κ3) is 5.48. The molecule has 1 aliphatic heterocycles. The zero-order chi connectivity index (χ0) is 12.5. The summed E-state index contributed by atoms with van der Waals surface area (Å²) >= 11 is 0. The molecule has 1 N–H and O–H groups in total. The molecule has 2 rings (SSSR count). The Hall–Kier alpha value is -1.37. The Balaban J connectivity index is 0.000000171. The second-order valence-electron chi connectivity index (χ2n) is 4.36. The standard InChI is InChI=1S/C7H16N2.C7H5N/c1-7(2)9-5-3-8-4-6-9;8-6-7-4-2-1-3-5-7/h7-8H,3-6H2,1-2H3;1-5H. The minimum absolute atomic E-state index is 0.715. The monoisotopic (exact) mass is 231 g/mol. The lowest BCUT2D eigenvalue weighted by atomic mass is 10.2. The Bertz CT molecular complexity index is 334. The molecule has 0 spiro atoms. The summed E-state index contributed by atoms with van der Waals surface area (Å²) < 4.78 is 0. The summed E-state index contributed by atoms with van der Waals surface area (Å²) in [6.45, 7) is 9.28. The van der Waals surface area contributed by atoms with E-state index >= 15 is 0 Å². The van der Waals surface area contributed by atoms with Crippen LogP contribution in [0.25, 0.3) is 0 Å². The maximum Gasteiger partial charge on any atom is 0.0991 e. The van der Waals surface area contributed by atoms with Crippen LogP contribution in [-0.4, -0.2) is 37.1 Å². The summed E-state index contributed by atoms with van der Waals surface area (Å²) in [4.78, 5) is 2.50. The quantitative estimate of drug-likeness (QED) is 0.802. The van der Waals surface area contributed by atoms with Crippen molar-refractivity contribution in [2.75, 3.05) is 26.2 Å². The smallest absolute Gasteiger partial charge is 0.0991 e. The van der Waals surface area contributed by atoms with Crippen LogP contribution in [0.15, 0.2) is 30.3 Å². The van der Waals surface area contributed by atoms with E-state index in [9.17, 15) is 0 Å². The van der Waals surface area contributed by atoms with Crippen molar-refractivity contribution in [2.45, 2.75) is 19.9 Å². The lowest BCUT2D eigenvalue weighted by Gasteiger charge is -2.30. The first-order valence-electron chi connectivity index (χ1n) is 6.14. The van der Waals surface area contributed by atoms with Gasteiger partial charge >= 0.3 is 0 Å². The van der Waals surface area contributed by atoms with Crippen molar-refractivity contribution in [3.63, 3.8) is 0 Å². The number of hydrogen-bond acceptors (Lipinski definition) is 3. The van der Waals surface area contributed by atoms with Crippen LogP contribution in [0.4, 0.5) is 0 Å². The lowest BCUT2D eigenvalue weighted by molar-refractivity contribution is 0.196. The maximum absolute atomic E-state index is 8.29. The van der Waals surface area contributed by atoms with E-state index in [1.54, 1.807) is 12.1 Å². The SMILES string of the molecule is CC(C)N1CCNCC1.N#Cc1ccccc1. The highest BCUT2D eigenvalue weighted by Crippen LogP contribution is 1.97. The largest absolute Gasteiger partial charge is 0.314 e. The molecule has 1 aliphatic rings. The number of piperazine rings is 1. The molecule has 1 saturated heterocycles. The third-order valence-electron chi connectivity index (χ3n) is 2.78. The molecule has 0 aliphatic carbocycles. The van der Waals surface area contributed by atoms with Crippen LogP contribution in [0.3, 0.4) is 0 Å². The van der Waals surface area contributed by atoms with Crippen LogP contribution < -0.4 is 5.32 Å². The van der Waals surface area contributed by atoms with E-state index in [1.165, 1.54) is 13.1 Å². The molecule has 3 nitrogen and oxygen atoms in total. The molecule has 17 heavy (non-hydrogen) atoms. The van der Waals surface area contributed by atoms with Crippen molar-refractivity contribution in [1.82, 2.24) is 10.2 Å². The minimum atomic E-state index is 0.715. The van der Waals surface area contributed by atoms with Crippen molar-refractivity contribution >= 4 is 0 Å². The van der Waals surface area contributed by atoms with Gasteiger partial charge in [0, 0.05) is 32.2 Å². The van der Waals surface area contributed by atoms with Crippen molar-refractivity contribution in [2.24, 2.45) is 0 Å². The molecule has 1 heterocycles. The fourth-order valence-corrected chi connectivity index (χ4v) is 1.71. The molecular weight excluding hydrogens is 210 g/mol. The summed E-state index contributed by atoms with van der Waals surface area (Å²) in [6.07, 6.45) is 0. The van der Waals surface area contributed by atoms with Gasteiger partial charge in [-0.15, -0.1) is 0 Å². The van der Waals surface area contributed by atoms with Crippen LogP contribution in [-0.2, 0) is 0 Å². The fraction of sp³-hybridized carbons (Fsp3) is 0.500. The predicted octanol–water partition coefficient (Wildman–Crippen LogP) is 1.86. The topological polar surface area (TPSA) is 39.1 Å². The van der Waals surface area contributed by atoms with Gasteiger partial charge in [-0.3, -0.25) is 4.90 Å². The van der Waals surface area contributed by atoms with Gasteiger partial charge in [-0.25, -0.2) is 0 Å². The number of benzene rings is 1. The highest BCUT2D eigenvalue weighted by Gasteiger charge is 2.11. The van der Waals surface area contributed by atoms with Gasteiger partial charge in [0.1, 0.15) is 0 Å². The number of hydrogen-bond donors (Lipinski definition) is 1. The number of nitrogens with zero attached hydrogens (tertiary/aromatic N) is 2. The van der Waals surface area contributed by atoms with Gasteiger partial charge in [0.25, 0.3) is 0 Å². The lowest BCUT2D eigenvalue weighted by Crippen LogP contribution is -2.46.